The van der Waals surface area contributed by atoms with Gasteiger partial charge >= 0.3 is 0 Å². The van der Waals surface area contributed by atoms with Gasteiger partial charge in [-0.2, -0.15) is 5.10 Å². The van der Waals surface area contributed by atoms with E-state index in [4.69, 9.17) is 5.10 Å². The van der Waals surface area contributed by atoms with Gasteiger partial charge in [0.25, 0.3) is 0 Å². The van der Waals surface area contributed by atoms with Crippen LogP contribution in [-0.4, -0.2) is 55.0 Å². The Kier molecular flexibility index (Phi) is 4.92. The van der Waals surface area contributed by atoms with Gasteiger partial charge in [-0.25, -0.2) is 13.1 Å². The summed E-state index contributed by atoms with van der Waals surface area (Å²) in [5.74, 6) is 1.01. The second-order valence-electron chi connectivity index (χ2n) is 8.80. The largest absolute Gasteiger partial charge is 0.298 e. The third-order valence-corrected chi connectivity index (χ3v) is 7.49. The number of hydrogen-bond acceptors (Lipinski definition) is 4. The maximum Gasteiger partial charge on any atom is 0.208 e. The van der Waals surface area contributed by atoms with Gasteiger partial charge < -0.3 is 0 Å². The Morgan fingerprint density at radius 2 is 1.93 bits per heavy atom. The highest BCUT2D eigenvalue weighted by atomic mass is 32.2. The van der Waals surface area contributed by atoms with Crippen LogP contribution in [0.4, 0.5) is 0 Å². The van der Waals surface area contributed by atoms with E-state index in [1.54, 1.807) is 0 Å². The monoisotopic (exact) mass is 424 g/mol. The van der Waals surface area contributed by atoms with Gasteiger partial charge in [0.05, 0.1) is 11.9 Å². The molecule has 158 valence electrons. The van der Waals surface area contributed by atoms with Crippen molar-refractivity contribution in [1.82, 2.24) is 19.4 Å². The molecule has 3 saturated heterocycles. The number of hydrogen-bond donors (Lipinski definition) is 1. The van der Waals surface area contributed by atoms with Gasteiger partial charge in [-0.3, -0.25) is 9.58 Å². The normalized spacial score (nSPS) is 26.3. The number of fused-ring (bicyclic) bond motifs is 4. The fraction of sp³-hybridized carbons (Fsp3) is 0.435. The third kappa shape index (κ3) is 3.77. The first-order chi connectivity index (χ1) is 14.4. The predicted octanol–water partition coefficient (Wildman–Crippen LogP) is 2.97. The first-order valence-corrected chi connectivity index (χ1v) is 12.5. The molecule has 6 rings (SSSR count). The topological polar surface area (TPSA) is 67.2 Å². The van der Waals surface area contributed by atoms with Crippen molar-refractivity contribution in [2.24, 2.45) is 13.0 Å². The number of aromatic nitrogens is 2. The van der Waals surface area contributed by atoms with Gasteiger partial charge in [0, 0.05) is 43.4 Å². The zero-order valence-corrected chi connectivity index (χ0v) is 18.3. The summed E-state index contributed by atoms with van der Waals surface area (Å²) in [6.45, 7) is 2.53. The van der Waals surface area contributed by atoms with Crippen molar-refractivity contribution < 1.29 is 8.42 Å². The standard InChI is InChI=1S/C23H28N4O2S/c1-26-23(13-22(25-26)19-8-7-16-5-3-4-6-17(16)11-19)21-15-27-10-9-18(21)12-20(27)14-24-30(2,28)29/h3-8,11,13,18,20-21,24H,9-10,12,14-15H2,1-2H3/t18-,20+,21+/m0/s1. The Labute approximate surface area is 177 Å². The molecule has 2 bridgehead atoms. The molecule has 0 radical (unpaired) electrons. The van der Waals surface area contributed by atoms with Crippen LogP contribution in [-0.2, 0) is 17.1 Å². The van der Waals surface area contributed by atoms with Crippen molar-refractivity contribution in [2.75, 3.05) is 25.9 Å². The van der Waals surface area contributed by atoms with Crippen LogP contribution < -0.4 is 4.72 Å². The summed E-state index contributed by atoms with van der Waals surface area (Å²) in [6, 6.07) is 17.5. The van der Waals surface area contributed by atoms with Crippen LogP contribution in [0.2, 0.25) is 0 Å². The molecule has 7 heteroatoms. The lowest BCUT2D eigenvalue weighted by Gasteiger charge is -2.49. The van der Waals surface area contributed by atoms with Crippen molar-refractivity contribution in [3.05, 3.63) is 54.2 Å². The minimum atomic E-state index is -3.15. The molecule has 1 N–H and O–H groups in total. The maximum absolute atomic E-state index is 11.5. The molecule has 0 spiro atoms. The quantitative estimate of drug-likeness (QED) is 0.684. The van der Waals surface area contributed by atoms with Gasteiger partial charge in [-0.1, -0.05) is 36.4 Å². The lowest BCUT2D eigenvalue weighted by atomic mass is 9.74. The van der Waals surface area contributed by atoms with Gasteiger partial charge in [0.2, 0.25) is 10.0 Å². The van der Waals surface area contributed by atoms with Crippen molar-refractivity contribution in [3.63, 3.8) is 0 Å². The fourth-order valence-electron chi connectivity index (χ4n) is 5.25. The summed E-state index contributed by atoms with van der Waals surface area (Å²) >= 11 is 0. The fourth-order valence-corrected chi connectivity index (χ4v) is 5.75. The van der Waals surface area contributed by atoms with E-state index in [1.165, 1.54) is 22.7 Å². The van der Waals surface area contributed by atoms with Crippen molar-refractivity contribution >= 4 is 20.8 Å². The van der Waals surface area contributed by atoms with Crippen LogP contribution in [0.15, 0.2) is 48.5 Å². The predicted molar refractivity (Wildman–Crippen MR) is 120 cm³/mol. The summed E-state index contributed by atoms with van der Waals surface area (Å²) in [6.07, 6.45) is 3.43. The lowest BCUT2D eigenvalue weighted by Crippen LogP contribution is -2.56. The van der Waals surface area contributed by atoms with Gasteiger partial charge in [0.15, 0.2) is 0 Å². The molecule has 30 heavy (non-hydrogen) atoms. The highest BCUT2D eigenvalue weighted by molar-refractivity contribution is 7.88. The van der Waals surface area contributed by atoms with Crippen LogP contribution in [0.5, 0.6) is 0 Å². The maximum atomic E-state index is 11.5. The second kappa shape index (κ2) is 7.48. The van der Waals surface area contributed by atoms with Crippen LogP contribution in [0.1, 0.15) is 24.5 Å². The summed E-state index contributed by atoms with van der Waals surface area (Å²) in [5, 5.41) is 7.31. The van der Waals surface area contributed by atoms with E-state index < -0.39 is 10.0 Å². The molecular formula is C23H28N4O2S. The number of nitrogens with zero attached hydrogens (tertiary/aromatic N) is 3. The number of nitrogens with one attached hydrogen (secondary N) is 1. The number of sulfonamides is 1. The summed E-state index contributed by atoms with van der Waals surface area (Å²) in [5.41, 5.74) is 3.44. The summed E-state index contributed by atoms with van der Waals surface area (Å²) < 4.78 is 27.7. The number of rotatable bonds is 5. The Morgan fingerprint density at radius 3 is 2.67 bits per heavy atom. The van der Waals surface area contributed by atoms with E-state index in [0.29, 0.717) is 24.4 Å². The van der Waals surface area contributed by atoms with E-state index in [9.17, 15) is 8.42 Å². The first kappa shape index (κ1) is 19.7. The zero-order valence-electron chi connectivity index (χ0n) is 17.5. The van der Waals surface area contributed by atoms with Gasteiger partial charge in [-0.15, -0.1) is 0 Å². The van der Waals surface area contributed by atoms with E-state index in [0.717, 1.165) is 37.2 Å². The summed E-state index contributed by atoms with van der Waals surface area (Å²) in [7, 11) is -1.10. The number of aryl methyl sites for hydroxylation is 1. The smallest absolute Gasteiger partial charge is 0.208 e. The van der Waals surface area contributed by atoms with E-state index in [-0.39, 0.29) is 0 Å². The Balaban J connectivity index is 1.37. The molecule has 6 nitrogen and oxygen atoms in total. The third-order valence-electron chi connectivity index (χ3n) is 6.80. The number of piperidine rings is 3. The minimum absolute atomic E-state index is 0.294. The number of benzene rings is 2. The minimum Gasteiger partial charge on any atom is -0.298 e. The molecule has 1 unspecified atom stereocenters. The Hall–Kier alpha value is -2.22. The summed E-state index contributed by atoms with van der Waals surface area (Å²) in [4.78, 5) is 2.45. The first-order valence-electron chi connectivity index (χ1n) is 10.6. The molecular weight excluding hydrogens is 396 g/mol. The molecule has 4 atom stereocenters. The molecule has 3 aromatic rings. The van der Waals surface area contributed by atoms with Gasteiger partial charge in [-0.05, 0) is 48.2 Å². The SMILES string of the molecule is Cn1nc(-c2ccc3ccccc3c2)cc1[C@@H]1CN2CC[C@H]1C[C@@H]2CNS(C)(=O)=O. The van der Waals surface area contributed by atoms with Crippen molar-refractivity contribution in [3.8, 4) is 11.3 Å². The molecule has 3 aliphatic heterocycles. The highest BCUT2D eigenvalue weighted by Gasteiger charge is 2.41. The van der Waals surface area contributed by atoms with Gasteiger partial charge in [0.1, 0.15) is 0 Å². The zero-order chi connectivity index (χ0) is 20.9. The van der Waals surface area contributed by atoms with Crippen molar-refractivity contribution in [2.45, 2.75) is 24.8 Å². The van der Waals surface area contributed by atoms with Crippen LogP contribution in [0, 0.1) is 5.92 Å². The second-order valence-corrected chi connectivity index (χ2v) is 10.6. The highest BCUT2D eigenvalue weighted by Crippen LogP contribution is 2.42. The van der Waals surface area contributed by atoms with E-state index >= 15 is 0 Å². The molecule has 3 aliphatic rings. The van der Waals surface area contributed by atoms with Crippen LogP contribution >= 0.6 is 0 Å². The van der Waals surface area contributed by atoms with Crippen LogP contribution in [0.3, 0.4) is 0 Å². The average Bonchev–Trinajstić information content (AvgIpc) is 3.13. The van der Waals surface area contributed by atoms with Crippen LogP contribution in [0.25, 0.3) is 22.0 Å². The molecule has 0 saturated carbocycles. The molecule has 0 aliphatic carbocycles. The Bertz CT molecular complexity index is 1190. The van der Waals surface area contributed by atoms with Crippen molar-refractivity contribution in [1.29, 1.82) is 0 Å². The molecule has 1 aromatic heterocycles. The molecule has 2 aromatic carbocycles. The molecule has 3 fully saturated rings. The van der Waals surface area contributed by atoms with E-state index in [1.807, 2.05) is 11.7 Å². The Morgan fingerprint density at radius 1 is 1.13 bits per heavy atom. The average molecular weight is 425 g/mol. The molecule has 0 amide bonds. The van der Waals surface area contributed by atoms with E-state index in [2.05, 4.69) is 58.2 Å². The molecule has 4 heterocycles. The lowest BCUT2D eigenvalue weighted by molar-refractivity contribution is 0.0306.